The van der Waals surface area contributed by atoms with Gasteiger partial charge in [-0.15, -0.1) is 11.3 Å². The predicted octanol–water partition coefficient (Wildman–Crippen LogP) is 2.51. The molecule has 2 aromatic rings. The predicted molar refractivity (Wildman–Crippen MR) is 93.4 cm³/mol. The van der Waals surface area contributed by atoms with Crippen LogP contribution in [0.4, 0.5) is 5.69 Å². The molecule has 2 rings (SSSR count). The Bertz CT molecular complexity index is 714. The van der Waals surface area contributed by atoms with E-state index in [0.29, 0.717) is 11.4 Å². The van der Waals surface area contributed by atoms with E-state index in [9.17, 15) is 9.59 Å². The number of aryl methyl sites for hydroxylation is 1. The lowest BCUT2D eigenvalue weighted by Gasteiger charge is -2.14. The molecule has 0 fully saturated rings. The number of nitrogens with one attached hydrogen (secondary N) is 2. The molecular weight excluding hydrogens is 328 g/mol. The van der Waals surface area contributed by atoms with Crippen LogP contribution in [0.25, 0.3) is 0 Å². The highest BCUT2D eigenvalue weighted by molar-refractivity contribution is 7.12. The fourth-order valence-electron chi connectivity index (χ4n) is 2.08. The van der Waals surface area contributed by atoms with Crippen molar-refractivity contribution in [2.45, 2.75) is 13.0 Å². The zero-order chi connectivity index (χ0) is 17.5. The minimum atomic E-state index is -0.736. The Morgan fingerprint density at radius 3 is 2.58 bits per heavy atom. The lowest BCUT2D eigenvalue weighted by atomic mass is 10.2. The van der Waals surface area contributed by atoms with Gasteiger partial charge in [-0.2, -0.15) is 0 Å². The number of anilines is 1. The van der Waals surface area contributed by atoms with Crippen molar-refractivity contribution in [3.63, 3.8) is 0 Å². The summed E-state index contributed by atoms with van der Waals surface area (Å²) in [5.74, 6) is -0.852. The van der Waals surface area contributed by atoms with Crippen LogP contribution in [0.1, 0.15) is 15.9 Å². The van der Waals surface area contributed by atoms with Crippen LogP contribution in [0, 0.1) is 6.92 Å². The number of rotatable bonds is 6. The molecule has 24 heavy (non-hydrogen) atoms. The van der Waals surface area contributed by atoms with Gasteiger partial charge in [-0.05, 0) is 31.2 Å². The first kappa shape index (κ1) is 18.0. The molecule has 0 bridgehead atoms. The number of thiophene rings is 1. The smallest absolute Gasteiger partial charge is 0.313 e. The van der Waals surface area contributed by atoms with Gasteiger partial charge in [0.1, 0.15) is 11.9 Å². The van der Waals surface area contributed by atoms with Crippen LogP contribution in [0.15, 0.2) is 36.4 Å². The topological polar surface area (TPSA) is 76.7 Å². The monoisotopic (exact) mass is 348 g/mol. The van der Waals surface area contributed by atoms with Gasteiger partial charge >= 0.3 is 11.8 Å². The third-order valence-corrected chi connectivity index (χ3v) is 4.44. The number of ether oxygens (including phenoxy) is 2. The molecule has 7 heteroatoms. The average molecular weight is 348 g/mol. The minimum absolute atomic E-state index is 0.223. The maximum absolute atomic E-state index is 12.0. The maximum atomic E-state index is 12.0. The molecule has 2 N–H and O–H groups in total. The van der Waals surface area contributed by atoms with Gasteiger partial charge in [0.2, 0.25) is 0 Å². The van der Waals surface area contributed by atoms with E-state index >= 15 is 0 Å². The van der Waals surface area contributed by atoms with Gasteiger partial charge < -0.3 is 20.1 Å². The Morgan fingerprint density at radius 1 is 1.17 bits per heavy atom. The van der Waals surface area contributed by atoms with Gasteiger partial charge in [0.05, 0.1) is 7.11 Å². The Morgan fingerprint density at radius 2 is 1.96 bits per heavy atom. The number of hydrogen-bond acceptors (Lipinski definition) is 5. The molecule has 0 radical (unpaired) electrons. The number of benzene rings is 1. The summed E-state index contributed by atoms with van der Waals surface area (Å²) >= 11 is 1.60. The molecule has 0 aliphatic carbocycles. The lowest BCUT2D eigenvalue weighted by Crippen LogP contribution is -2.37. The highest BCUT2D eigenvalue weighted by atomic mass is 32.1. The first-order chi connectivity index (χ1) is 11.5. The lowest BCUT2D eigenvalue weighted by molar-refractivity contribution is -0.136. The third kappa shape index (κ3) is 4.81. The number of hydrogen-bond donors (Lipinski definition) is 2. The Hall–Kier alpha value is -2.38. The van der Waals surface area contributed by atoms with E-state index < -0.39 is 11.8 Å². The second kappa shape index (κ2) is 8.47. The van der Waals surface area contributed by atoms with Crippen molar-refractivity contribution < 1.29 is 19.1 Å². The molecular formula is C17H20N2O4S. The van der Waals surface area contributed by atoms with Crippen LogP contribution < -0.4 is 15.4 Å². The second-order valence-electron chi connectivity index (χ2n) is 5.07. The third-order valence-electron chi connectivity index (χ3n) is 3.34. The zero-order valence-electron chi connectivity index (χ0n) is 13.8. The largest absolute Gasteiger partial charge is 0.497 e. The Kier molecular flexibility index (Phi) is 6.34. The molecule has 1 aromatic carbocycles. The van der Waals surface area contributed by atoms with E-state index in [2.05, 4.69) is 10.6 Å². The van der Waals surface area contributed by atoms with E-state index in [1.807, 2.05) is 19.1 Å². The van der Waals surface area contributed by atoms with Crippen molar-refractivity contribution in [3.8, 4) is 5.75 Å². The normalized spacial score (nSPS) is 11.6. The van der Waals surface area contributed by atoms with Crippen LogP contribution in [-0.4, -0.2) is 32.6 Å². The van der Waals surface area contributed by atoms with Crippen molar-refractivity contribution in [1.82, 2.24) is 5.32 Å². The van der Waals surface area contributed by atoms with Crippen molar-refractivity contribution in [1.29, 1.82) is 0 Å². The van der Waals surface area contributed by atoms with Crippen LogP contribution in [0.5, 0.6) is 5.75 Å². The van der Waals surface area contributed by atoms with Crippen LogP contribution in [0.2, 0.25) is 0 Å². The Labute approximate surface area is 144 Å². The first-order valence-electron chi connectivity index (χ1n) is 7.36. The molecule has 0 aliphatic rings. The molecule has 0 saturated heterocycles. The van der Waals surface area contributed by atoms with E-state index in [1.54, 1.807) is 42.7 Å². The molecule has 6 nitrogen and oxygen atoms in total. The fraction of sp³-hybridized carbons (Fsp3) is 0.294. The van der Waals surface area contributed by atoms with Gasteiger partial charge in [0.15, 0.2) is 0 Å². The van der Waals surface area contributed by atoms with Crippen LogP contribution >= 0.6 is 11.3 Å². The zero-order valence-corrected chi connectivity index (χ0v) is 14.6. The summed E-state index contributed by atoms with van der Waals surface area (Å²) in [5, 5.41) is 5.12. The average Bonchev–Trinajstić information content (AvgIpc) is 3.01. The van der Waals surface area contributed by atoms with Gasteiger partial charge in [0, 0.05) is 35.2 Å². The summed E-state index contributed by atoms with van der Waals surface area (Å²) in [6.07, 6.45) is -0.280. The molecule has 128 valence electrons. The molecule has 1 atom stereocenters. The van der Waals surface area contributed by atoms with Crippen molar-refractivity contribution in [2.24, 2.45) is 0 Å². The summed E-state index contributed by atoms with van der Waals surface area (Å²) < 4.78 is 10.4. The quantitative estimate of drug-likeness (QED) is 0.787. The summed E-state index contributed by atoms with van der Waals surface area (Å²) in [6, 6.07) is 10.7. The van der Waals surface area contributed by atoms with Gasteiger partial charge in [-0.25, -0.2) is 0 Å². The van der Waals surface area contributed by atoms with Crippen LogP contribution in [-0.2, 0) is 14.3 Å². The van der Waals surface area contributed by atoms with Gasteiger partial charge in [-0.3, -0.25) is 9.59 Å². The molecule has 1 aromatic heterocycles. The number of carbonyl (C=O) groups is 2. The fourth-order valence-corrected chi connectivity index (χ4v) is 3.04. The maximum Gasteiger partial charge on any atom is 0.313 e. The van der Waals surface area contributed by atoms with E-state index in [-0.39, 0.29) is 12.6 Å². The Balaban J connectivity index is 1.90. The highest BCUT2D eigenvalue weighted by Gasteiger charge is 2.18. The SMILES string of the molecule is COc1cccc(NC(=O)C(=O)NCC(OC)c2ccc(C)s2)c1. The standard InChI is InChI=1S/C17H20N2O4S/c1-11-7-8-15(24-11)14(23-3)10-18-16(20)17(21)19-12-5-4-6-13(9-12)22-2/h4-9,14H,10H2,1-3H3,(H,18,20)(H,19,21). The number of carbonyl (C=O) groups excluding carboxylic acids is 2. The molecule has 0 saturated carbocycles. The van der Waals surface area contributed by atoms with E-state index in [0.717, 1.165) is 9.75 Å². The summed E-state index contributed by atoms with van der Waals surface area (Å²) in [6.45, 7) is 2.22. The molecule has 1 heterocycles. The van der Waals surface area contributed by atoms with Crippen molar-refractivity contribution in [2.75, 3.05) is 26.1 Å². The summed E-state index contributed by atoms with van der Waals surface area (Å²) in [5.41, 5.74) is 0.492. The van der Waals surface area contributed by atoms with E-state index in [1.165, 1.54) is 7.11 Å². The minimum Gasteiger partial charge on any atom is -0.497 e. The second-order valence-corrected chi connectivity index (χ2v) is 6.39. The molecule has 0 spiro atoms. The van der Waals surface area contributed by atoms with Crippen molar-refractivity contribution >= 4 is 28.8 Å². The van der Waals surface area contributed by atoms with Crippen LogP contribution in [0.3, 0.4) is 0 Å². The molecule has 1 unspecified atom stereocenters. The van der Waals surface area contributed by atoms with E-state index in [4.69, 9.17) is 9.47 Å². The molecule has 2 amide bonds. The molecule has 0 aliphatic heterocycles. The highest BCUT2D eigenvalue weighted by Crippen LogP contribution is 2.24. The number of amides is 2. The van der Waals surface area contributed by atoms with Crippen molar-refractivity contribution in [3.05, 3.63) is 46.2 Å². The summed E-state index contributed by atoms with van der Waals surface area (Å²) in [4.78, 5) is 26.1. The number of methoxy groups -OCH3 is 2. The van der Waals surface area contributed by atoms with Gasteiger partial charge in [-0.1, -0.05) is 6.07 Å². The first-order valence-corrected chi connectivity index (χ1v) is 8.17. The van der Waals surface area contributed by atoms with Gasteiger partial charge in [0.25, 0.3) is 0 Å². The summed E-state index contributed by atoms with van der Waals surface area (Å²) in [7, 11) is 3.10.